The first-order valence-electron chi connectivity index (χ1n) is 10.5. The molecule has 1 atom stereocenters. The van der Waals surface area contributed by atoms with Gasteiger partial charge in [-0.3, -0.25) is 4.90 Å². The molecular formula is C26H29NO4. The Morgan fingerprint density at radius 2 is 1.65 bits per heavy atom. The van der Waals surface area contributed by atoms with Gasteiger partial charge in [-0.15, -0.1) is 0 Å². The highest BCUT2D eigenvalue weighted by molar-refractivity contribution is 5.49. The van der Waals surface area contributed by atoms with Gasteiger partial charge in [-0.05, 0) is 46.5 Å². The van der Waals surface area contributed by atoms with Crippen molar-refractivity contribution in [3.05, 3.63) is 89.0 Å². The van der Waals surface area contributed by atoms with E-state index in [9.17, 15) is 0 Å². The highest BCUT2D eigenvalue weighted by Gasteiger charge is 2.27. The molecule has 0 radical (unpaired) electrons. The van der Waals surface area contributed by atoms with Crippen LogP contribution in [0.3, 0.4) is 0 Å². The summed E-state index contributed by atoms with van der Waals surface area (Å²) in [7, 11) is 5.14. The van der Waals surface area contributed by atoms with Crippen molar-refractivity contribution in [2.75, 3.05) is 27.9 Å². The second-order valence-electron chi connectivity index (χ2n) is 7.72. The van der Waals surface area contributed by atoms with Gasteiger partial charge < -0.3 is 18.9 Å². The molecule has 0 saturated heterocycles. The summed E-state index contributed by atoms with van der Waals surface area (Å²) in [5, 5.41) is 0. The standard InChI is InChI=1S/C26H29NO4/c1-28-22-11-7-10-20(12-22)15-27-16-21-13-24(29-2)25(14-23(21)26(17-27)30-3)31-18-19-8-5-4-6-9-19/h4-14,26H,15-18H2,1-3H3. The average molecular weight is 420 g/mol. The molecule has 1 unspecified atom stereocenters. The van der Waals surface area contributed by atoms with Crippen LogP contribution >= 0.6 is 0 Å². The number of hydrogen-bond acceptors (Lipinski definition) is 5. The summed E-state index contributed by atoms with van der Waals surface area (Å²) in [6.45, 7) is 2.95. The molecule has 3 aromatic carbocycles. The van der Waals surface area contributed by atoms with E-state index in [0.29, 0.717) is 6.61 Å². The van der Waals surface area contributed by atoms with Crippen molar-refractivity contribution in [1.29, 1.82) is 0 Å². The van der Waals surface area contributed by atoms with Gasteiger partial charge in [0.1, 0.15) is 12.4 Å². The van der Waals surface area contributed by atoms with Crippen LogP contribution in [0.15, 0.2) is 66.7 Å². The Hall–Kier alpha value is -3.02. The van der Waals surface area contributed by atoms with Gasteiger partial charge in [-0.2, -0.15) is 0 Å². The van der Waals surface area contributed by atoms with Gasteiger partial charge in [-0.25, -0.2) is 0 Å². The Balaban J connectivity index is 1.55. The van der Waals surface area contributed by atoms with Crippen molar-refractivity contribution in [3.8, 4) is 17.2 Å². The molecule has 5 nitrogen and oxygen atoms in total. The van der Waals surface area contributed by atoms with E-state index >= 15 is 0 Å². The maximum absolute atomic E-state index is 6.11. The van der Waals surface area contributed by atoms with Crippen LogP contribution in [0.5, 0.6) is 17.2 Å². The molecule has 162 valence electrons. The van der Waals surface area contributed by atoms with Crippen LogP contribution in [0.4, 0.5) is 0 Å². The fourth-order valence-electron chi connectivity index (χ4n) is 4.05. The predicted octanol–water partition coefficient (Wildman–Crippen LogP) is 4.99. The summed E-state index contributed by atoms with van der Waals surface area (Å²) in [6.07, 6.45) is -0.0284. The summed E-state index contributed by atoms with van der Waals surface area (Å²) in [5.41, 5.74) is 4.70. The van der Waals surface area contributed by atoms with E-state index in [-0.39, 0.29) is 6.10 Å². The van der Waals surface area contributed by atoms with Crippen LogP contribution < -0.4 is 14.2 Å². The molecule has 5 heteroatoms. The number of ether oxygens (including phenoxy) is 4. The van der Waals surface area contributed by atoms with Gasteiger partial charge in [0.15, 0.2) is 11.5 Å². The Morgan fingerprint density at radius 3 is 2.39 bits per heavy atom. The summed E-state index contributed by atoms with van der Waals surface area (Å²) in [5.74, 6) is 2.36. The number of benzene rings is 3. The average Bonchev–Trinajstić information content (AvgIpc) is 2.82. The lowest BCUT2D eigenvalue weighted by Crippen LogP contribution is -2.34. The normalized spacial score (nSPS) is 15.9. The van der Waals surface area contributed by atoms with E-state index in [4.69, 9.17) is 18.9 Å². The summed E-state index contributed by atoms with van der Waals surface area (Å²) < 4.78 is 23.0. The maximum atomic E-state index is 6.11. The van der Waals surface area contributed by atoms with Crippen molar-refractivity contribution in [3.63, 3.8) is 0 Å². The zero-order chi connectivity index (χ0) is 21.6. The van der Waals surface area contributed by atoms with E-state index < -0.39 is 0 Å². The molecule has 0 spiro atoms. The van der Waals surface area contributed by atoms with Gasteiger partial charge >= 0.3 is 0 Å². The van der Waals surface area contributed by atoms with Crippen LogP contribution in [-0.4, -0.2) is 32.8 Å². The van der Waals surface area contributed by atoms with E-state index in [1.165, 1.54) is 11.1 Å². The SMILES string of the molecule is COc1cccc(CN2Cc3cc(OC)c(OCc4ccccc4)cc3C(OC)C2)c1. The van der Waals surface area contributed by atoms with Crippen LogP contribution in [0.1, 0.15) is 28.4 Å². The largest absolute Gasteiger partial charge is 0.497 e. The van der Waals surface area contributed by atoms with Gasteiger partial charge in [0, 0.05) is 26.7 Å². The smallest absolute Gasteiger partial charge is 0.162 e. The lowest BCUT2D eigenvalue weighted by atomic mass is 9.96. The van der Waals surface area contributed by atoms with Crippen LogP contribution in [0.2, 0.25) is 0 Å². The quantitative estimate of drug-likeness (QED) is 0.515. The molecule has 0 aliphatic carbocycles. The van der Waals surface area contributed by atoms with Crippen LogP contribution in [0, 0.1) is 0 Å². The van der Waals surface area contributed by atoms with Crippen molar-refractivity contribution >= 4 is 0 Å². The highest BCUT2D eigenvalue weighted by atomic mass is 16.5. The molecular weight excluding hydrogens is 390 g/mol. The van der Waals surface area contributed by atoms with Crippen LogP contribution in [-0.2, 0) is 24.4 Å². The molecule has 4 rings (SSSR count). The number of rotatable bonds is 8. The fourth-order valence-corrected chi connectivity index (χ4v) is 4.05. The summed E-state index contributed by atoms with van der Waals surface area (Å²) in [6, 6.07) is 22.5. The molecule has 0 aromatic heterocycles. The third kappa shape index (κ3) is 5.01. The zero-order valence-corrected chi connectivity index (χ0v) is 18.3. The Kier molecular flexibility index (Phi) is 6.75. The fraction of sp³-hybridized carbons (Fsp3) is 0.308. The van der Waals surface area contributed by atoms with Gasteiger partial charge in [0.25, 0.3) is 0 Å². The number of fused-ring (bicyclic) bond motifs is 1. The first-order valence-corrected chi connectivity index (χ1v) is 10.5. The number of hydrogen-bond donors (Lipinski definition) is 0. The van der Waals surface area contributed by atoms with Crippen molar-refractivity contribution in [2.45, 2.75) is 25.8 Å². The van der Waals surface area contributed by atoms with Crippen molar-refractivity contribution < 1.29 is 18.9 Å². The number of methoxy groups -OCH3 is 3. The van der Waals surface area contributed by atoms with Gasteiger partial charge in [0.05, 0.1) is 20.3 Å². The van der Waals surface area contributed by atoms with E-state index in [1.807, 2.05) is 30.3 Å². The second kappa shape index (κ2) is 9.86. The zero-order valence-electron chi connectivity index (χ0n) is 18.3. The number of nitrogens with zero attached hydrogens (tertiary/aromatic N) is 1. The first kappa shape index (κ1) is 21.2. The third-order valence-corrected chi connectivity index (χ3v) is 5.65. The molecule has 3 aromatic rings. The lowest BCUT2D eigenvalue weighted by molar-refractivity contribution is 0.0447. The highest BCUT2D eigenvalue weighted by Crippen LogP contribution is 2.38. The molecule has 31 heavy (non-hydrogen) atoms. The first-order chi connectivity index (χ1) is 15.2. The predicted molar refractivity (Wildman–Crippen MR) is 121 cm³/mol. The Morgan fingerprint density at radius 1 is 0.839 bits per heavy atom. The minimum atomic E-state index is -0.0284. The minimum Gasteiger partial charge on any atom is -0.497 e. The molecule has 1 heterocycles. The second-order valence-corrected chi connectivity index (χ2v) is 7.72. The Bertz CT molecular complexity index is 1010. The molecule has 0 amide bonds. The van der Waals surface area contributed by atoms with Gasteiger partial charge in [0.2, 0.25) is 0 Å². The van der Waals surface area contributed by atoms with Gasteiger partial charge in [-0.1, -0.05) is 42.5 Å². The molecule has 1 aliphatic rings. The third-order valence-electron chi connectivity index (χ3n) is 5.65. The van der Waals surface area contributed by atoms with Crippen molar-refractivity contribution in [2.24, 2.45) is 0 Å². The van der Waals surface area contributed by atoms with E-state index in [2.05, 4.69) is 41.3 Å². The summed E-state index contributed by atoms with van der Waals surface area (Å²) in [4.78, 5) is 2.38. The molecule has 0 saturated carbocycles. The molecule has 0 N–H and O–H groups in total. The van der Waals surface area contributed by atoms with E-state index in [0.717, 1.165) is 48.0 Å². The summed E-state index contributed by atoms with van der Waals surface area (Å²) >= 11 is 0. The topological polar surface area (TPSA) is 40.2 Å². The molecule has 0 fully saturated rings. The monoisotopic (exact) mass is 419 g/mol. The lowest BCUT2D eigenvalue weighted by Gasteiger charge is -2.34. The molecule has 0 bridgehead atoms. The maximum Gasteiger partial charge on any atom is 0.162 e. The minimum absolute atomic E-state index is 0.0284. The Labute approximate surface area is 184 Å². The van der Waals surface area contributed by atoms with Crippen molar-refractivity contribution in [1.82, 2.24) is 4.90 Å². The van der Waals surface area contributed by atoms with Crippen LogP contribution in [0.25, 0.3) is 0 Å². The molecule has 1 aliphatic heterocycles. The van der Waals surface area contributed by atoms with E-state index in [1.54, 1.807) is 21.3 Å².